The fourth-order valence-electron chi connectivity index (χ4n) is 4.38. The Morgan fingerprint density at radius 2 is 1.70 bits per heavy atom. The number of hydrazone groups is 1. The minimum absolute atomic E-state index is 0.00607. The number of amides is 2. The Bertz CT molecular complexity index is 1380. The van der Waals surface area contributed by atoms with Crippen LogP contribution < -0.4 is 10.1 Å². The van der Waals surface area contributed by atoms with E-state index in [0.29, 0.717) is 23.0 Å². The van der Waals surface area contributed by atoms with Crippen molar-refractivity contribution in [2.75, 3.05) is 12.4 Å². The molecule has 0 unspecified atom stereocenters. The molecule has 0 bridgehead atoms. The van der Waals surface area contributed by atoms with Crippen LogP contribution in [0.5, 0.6) is 5.75 Å². The van der Waals surface area contributed by atoms with Gasteiger partial charge in [-0.1, -0.05) is 83.6 Å². The van der Waals surface area contributed by atoms with Crippen molar-refractivity contribution in [3.05, 3.63) is 95.1 Å². The lowest BCUT2D eigenvalue weighted by Crippen LogP contribution is -2.25. The molecule has 2 heterocycles. The van der Waals surface area contributed by atoms with Crippen molar-refractivity contribution < 1.29 is 14.3 Å². The van der Waals surface area contributed by atoms with Gasteiger partial charge in [-0.15, -0.1) is 0 Å². The number of anilines is 1. The van der Waals surface area contributed by atoms with E-state index in [1.807, 2.05) is 17.1 Å². The molecule has 0 saturated carbocycles. The van der Waals surface area contributed by atoms with Crippen LogP contribution in [0.25, 0.3) is 0 Å². The molecule has 0 aliphatic carbocycles. The number of hydrogen-bond acceptors (Lipinski definition) is 6. The average Bonchev–Trinajstić information content (AvgIpc) is 3.49. The third kappa shape index (κ3) is 5.44. The number of carbonyl (C=O) groups excluding carboxylic acids is 2. The summed E-state index contributed by atoms with van der Waals surface area (Å²) in [5.41, 5.74) is 6.02. The van der Waals surface area contributed by atoms with Crippen molar-refractivity contribution in [2.24, 2.45) is 10.1 Å². The van der Waals surface area contributed by atoms with E-state index in [0.717, 1.165) is 16.8 Å². The van der Waals surface area contributed by atoms with Gasteiger partial charge in [0.2, 0.25) is 5.91 Å². The molecule has 0 spiro atoms. The van der Waals surface area contributed by atoms with E-state index in [-0.39, 0.29) is 24.3 Å². The summed E-state index contributed by atoms with van der Waals surface area (Å²) in [6.45, 7) is 4.11. The van der Waals surface area contributed by atoms with Gasteiger partial charge in [-0.05, 0) is 37.1 Å². The van der Waals surface area contributed by atoms with Gasteiger partial charge in [0.1, 0.15) is 11.0 Å². The highest BCUT2D eigenvalue weighted by Gasteiger charge is 2.39. The Kier molecular flexibility index (Phi) is 7.10. The zero-order valence-electron chi connectivity index (χ0n) is 21.0. The van der Waals surface area contributed by atoms with Crippen molar-refractivity contribution in [3.63, 3.8) is 0 Å². The quantitative estimate of drug-likeness (QED) is 0.472. The summed E-state index contributed by atoms with van der Waals surface area (Å²) in [7, 11) is 1.55. The zero-order valence-corrected chi connectivity index (χ0v) is 21.8. The first-order valence-corrected chi connectivity index (χ1v) is 13.0. The standard InChI is InChI=1S/C29H28N4O3S/c1-18-8-12-20(13-9-18)23-16-24(21-14-10-19(2)11-15-21)33(32-23)29-31-28(35)26(37-29)17-27(34)30-22-6-4-5-7-25(22)36-3/h4-15,24,26H,16-17H2,1-3H3,(H,30,34)/t24-,26+/m0/s1. The van der Waals surface area contributed by atoms with Gasteiger partial charge in [-0.2, -0.15) is 10.1 Å². The van der Waals surface area contributed by atoms with Crippen LogP contribution in [0.1, 0.15) is 41.1 Å². The first kappa shape index (κ1) is 24.8. The highest BCUT2D eigenvalue weighted by molar-refractivity contribution is 8.15. The average molecular weight is 513 g/mol. The Morgan fingerprint density at radius 3 is 2.41 bits per heavy atom. The number of rotatable bonds is 6. The highest BCUT2D eigenvalue weighted by atomic mass is 32.2. The third-order valence-electron chi connectivity index (χ3n) is 6.43. The first-order chi connectivity index (χ1) is 17.9. The second kappa shape index (κ2) is 10.6. The van der Waals surface area contributed by atoms with Crippen molar-refractivity contribution in [3.8, 4) is 5.75 Å². The fourth-order valence-corrected chi connectivity index (χ4v) is 5.44. The van der Waals surface area contributed by atoms with Crippen LogP contribution >= 0.6 is 11.8 Å². The Balaban J connectivity index is 1.35. The van der Waals surface area contributed by atoms with Crippen molar-refractivity contribution >= 4 is 40.1 Å². The molecule has 2 amide bonds. The molecule has 188 valence electrons. The van der Waals surface area contributed by atoms with Crippen molar-refractivity contribution in [2.45, 2.75) is 38.0 Å². The lowest BCUT2D eigenvalue weighted by molar-refractivity contribution is -0.121. The van der Waals surface area contributed by atoms with Crippen LogP contribution in [0.4, 0.5) is 5.69 Å². The maximum Gasteiger partial charge on any atom is 0.262 e. The summed E-state index contributed by atoms with van der Waals surface area (Å²) in [5, 5.41) is 9.52. The number of thioether (sulfide) groups is 1. The molecule has 37 heavy (non-hydrogen) atoms. The number of ether oxygens (including phenoxy) is 1. The fraction of sp³-hybridized carbons (Fsp3) is 0.241. The van der Waals surface area contributed by atoms with Crippen molar-refractivity contribution in [1.82, 2.24) is 5.01 Å². The maximum atomic E-state index is 12.8. The van der Waals surface area contributed by atoms with Crippen LogP contribution in [0, 0.1) is 13.8 Å². The predicted molar refractivity (Wildman–Crippen MR) is 148 cm³/mol. The molecule has 1 N–H and O–H groups in total. The number of nitrogens with zero attached hydrogens (tertiary/aromatic N) is 3. The first-order valence-electron chi connectivity index (χ1n) is 12.1. The highest BCUT2D eigenvalue weighted by Crippen LogP contribution is 2.39. The molecule has 5 rings (SSSR count). The van der Waals surface area contributed by atoms with Crippen LogP contribution in [0.15, 0.2) is 82.9 Å². The zero-order chi connectivity index (χ0) is 25.9. The van der Waals surface area contributed by atoms with Crippen LogP contribution in [0.3, 0.4) is 0 Å². The number of aliphatic imine (C=N–C) groups is 1. The van der Waals surface area contributed by atoms with E-state index >= 15 is 0 Å². The summed E-state index contributed by atoms with van der Waals surface area (Å²) in [6.07, 6.45) is 0.699. The second-order valence-corrected chi connectivity index (χ2v) is 10.3. The molecule has 0 radical (unpaired) electrons. The summed E-state index contributed by atoms with van der Waals surface area (Å²) in [6, 6.07) is 23.7. The number of para-hydroxylation sites is 2. The van der Waals surface area contributed by atoms with Gasteiger partial charge in [-0.25, -0.2) is 5.01 Å². The number of nitrogens with one attached hydrogen (secondary N) is 1. The molecule has 0 saturated heterocycles. The predicted octanol–water partition coefficient (Wildman–Crippen LogP) is 5.49. The van der Waals surface area contributed by atoms with Crippen LogP contribution in [-0.4, -0.2) is 40.1 Å². The molecule has 2 aliphatic rings. The molecule has 8 heteroatoms. The second-order valence-electron chi connectivity index (χ2n) is 9.18. The van der Waals surface area contributed by atoms with E-state index in [9.17, 15) is 9.59 Å². The molecule has 2 aliphatic heterocycles. The summed E-state index contributed by atoms with van der Waals surface area (Å²) >= 11 is 1.29. The lowest BCUT2D eigenvalue weighted by atomic mass is 9.97. The maximum absolute atomic E-state index is 12.8. The van der Waals surface area contributed by atoms with E-state index < -0.39 is 5.25 Å². The van der Waals surface area contributed by atoms with E-state index in [1.54, 1.807) is 19.2 Å². The van der Waals surface area contributed by atoms with Gasteiger partial charge in [0.05, 0.1) is 24.6 Å². The number of benzene rings is 3. The molecule has 7 nitrogen and oxygen atoms in total. The van der Waals surface area contributed by atoms with Gasteiger partial charge in [0.15, 0.2) is 5.17 Å². The van der Waals surface area contributed by atoms with Gasteiger partial charge >= 0.3 is 0 Å². The monoisotopic (exact) mass is 512 g/mol. The van der Waals surface area contributed by atoms with Gasteiger partial charge in [0.25, 0.3) is 5.91 Å². The molecular weight excluding hydrogens is 484 g/mol. The minimum Gasteiger partial charge on any atom is -0.495 e. The van der Waals surface area contributed by atoms with E-state index in [2.05, 4.69) is 72.7 Å². The summed E-state index contributed by atoms with van der Waals surface area (Å²) in [5.74, 6) is -0.0295. The van der Waals surface area contributed by atoms with E-state index in [1.165, 1.54) is 22.9 Å². The normalized spacial score (nSPS) is 19.0. The Labute approximate surface area is 220 Å². The van der Waals surface area contributed by atoms with Crippen molar-refractivity contribution in [1.29, 1.82) is 0 Å². The molecular formula is C29H28N4O3S. The number of carbonyl (C=O) groups is 2. The molecule has 2 atom stereocenters. The number of hydrogen-bond donors (Lipinski definition) is 1. The molecule has 3 aromatic rings. The minimum atomic E-state index is -0.609. The van der Waals surface area contributed by atoms with Gasteiger partial charge in [0, 0.05) is 12.8 Å². The molecule has 0 fully saturated rings. The van der Waals surface area contributed by atoms with Gasteiger partial charge < -0.3 is 10.1 Å². The third-order valence-corrected chi connectivity index (χ3v) is 7.58. The van der Waals surface area contributed by atoms with Crippen LogP contribution in [-0.2, 0) is 9.59 Å². The topological polar surface area (TPSA) is 83.4 Å². The smallest absolute Gasteiger partial charge is 0.262 e. The molecule has 3 aromatic carbocycles. The summed E-state index contributed by atoms with van der Waals surface area (Å²) < 4.78 is 5.31. The van der Waals surface area contributed by atoms with Gasteiger partial charge in [-0.3, -0.25) is 9.59 Å². The number of methoxy groups -OCH3 is 1. The summed E-state index contributed by atoms with van der Waals surface area (Å²) in [4.78, 5) is 29.9. The Morgan fingerprint density at radius 1 is 1.03 bits per heavy atom. The Hall–Kier alpha value is -3.91. The number of aryl methyl sites for hydroxylation is 2. The largest absolute Gasteiger partial charge is 0.495 e. The van der Waals surface area contributed by atoms with E-state index in [4.69, 9.17) is 9.84 Å². The SMILES string of the molecule is COc1ccccc1NC(=O)C[C@H]1SC(N2N=C(c3ccc(C)cc3)C[C@H]2c2ccc(C)cc2)=NC1=O. The molecule has 0 aromatic heterocycles. The van der Waals surface area contributed by atoms with Crippen LogP contribution in [0.2, 0.25) is 0 Å². The number of amidine groups is 1. The lowest BCUT2D eigenvalue weighted by Gasteiger charge is -2.23.